The summed E-state index contributed by atoms with van der Waals surface area (Å²) >= 11 is 0. The molecule has 6 nitrogen and oxygen atoms in total. The molecule has 9 atom stereocenters. The van der Waals surface area contributed by atoms with Crippen molar-refractivity contribution in [2.75, 3.05) is 19.0 Å². The van der Waals surface area contributed by atoms with Gasteiger partial charge in [-0.05, 0) is 85.9 Å². The van der Waals surface area contributed by atoms with Crippen molar-refractivity contribution in [1.29, 1.82) is 0 Å². The molecule has 0 amide bonds. The van der Waals surface area contributed by atoms with E-state index in [1.54, 1.807) is 6.08 Å². The zero-order valence-corrected chi connectivity index (χ0v) is 22.6. The number of nitrogens with one attached hydrogen (secondary N) is 1. The number of hydrogen-bond acceptors (Lipinski definition) is 6. The normalized spacial score (nSPS) is 44.1. The standard InChI is InChI=1S/C32H39NO5/c1-4-5-28-37-27-15-25-24-11-6-19-14-22(34)12-13-30(19,2)29(24)26(35)17-31(25)16-20(32(27,31)38-28)18-36-23-9-7-21(33-3)8-10-23/h7-10,12-14,16,24-29,33,35H,4-6,11,15,17-18H2,1-3H3/t24?,25?,26?,27?,28-,29?,30?,31?,32?/m1/s1. The Hall–Kier alpha value is -2.41. The number of rotatable bonds is 6. The van der Waals surface area contributed by atoms with Crippen LogP contribution in [-0.4, -0.2) is 48.6 Å². The first-order chi connectivity index (χ1) is 18.3. The molecular weight excluding hydrogens is 478 g/mol. The molecule has 8 unspecified atom stereocenters. The molecule has 1 saturated heterocycles. The molecule has 7 rings (SSSR count). The summed E-state index contributed by atoms with van der Waals surface area (Å²) in [5, 5.41) is 15.0. The molecule has 0 bridgehead atoms. The number of aliphatic hydroxyl groups is 1. The van der Waals surface area contributed by atoms with E-state index in [9.17, 15) is 9.90 Å². The van der Waals surface area contributed by atoms with Crippen LogP contribution in [-0.2, 0) is 14.3 Å². The fourth-order valence-electron chi connectivity index (χ4n) is 9.34. The van der Waals surface area contributed by atoms with Crippen molar-refractivity contribution >= 4 is 11.5 Å². The lowest BCUT2D eigenvalue weighted by Crippen LogP contribution is -2.66. The fourth-order valence-corrected chi connectivity index (χ4v) is 9.34. The molecule has 6 aliphatic rings. The van der Waals surface area contributed by atoms with E-state index in [0.29, 0.717) is 24.9 Å². The average Bonchev–Trinajstić information content (AvgIpc) is 3.37. The second-order valence-electron chi connectivity index (χ2n) is 12.5. The molecule has 0 aromatic heterocycles. The summed E-state index contributed by atoms with van der Waals surface area (Å²) in [4.78, 5) is 12.2. The second-order valence-corrected chi connectivity index (χ2v) is 12.5. The van der Waals surface area contributed by atoms with Crippen LogP contribution >= 0.6 is 0 Å². The van der Waals surface area contributed by atoms with E-state index in [1.165, 1.54) is 5.57 Å². The van der Waals surface area contributed by atoms with Crippen LogP contribution in [0, 0.1) is 28.6 Å². The lowest BCUT2D eigenvalue weighted by Gasteiger charge is -2.63. The van der Waals surface area contributed by atoms with Gasteiger partial charge in [0.2, 0.25) is 0 Å². The van der Waals surface area contributed by atoms with E-state index in [2.05, 4.69) is 31.3 Å². The van der Waals surface area contributed by atoms with Crippen LogP contribution in [0.3, 0.4) is 0 Å². The third-order valence-electron chi connectivity index (χ3n) is 10.9. The summed E-state index contributed by atoms with van der Waals surface area (Å²) in [6.45, 7) is 4.86. The van der Waals surface area contributed by atoms with Gasteiger partial charge in [0.15, 0.2) is 12.1 Å². The number of hydrogen-bond donors (Lipinski definition) is 2. The monoisotopic (exact) mass is 517 g/mol. The SMILES string of the molecule is CCC[C@@H]1OC2CC3C4CCC5=CC(=O)C=CC5(C)C4C(O)CC34C=C(COc3ccc(NC)cc3)C24O1. The highest BCUT2D eigenvalue weighted by molar-refractivity contribution is 6.01. The Morgan fingerprint density at radius 1 is 1.24 bits per heavy atom. The third-order valence-corrected chi connectivity index (χ3v) is 10.9. The summed E-state index contributed by atoms with van der Waals surface area (Å²) in [5.74, 6) is 1.74. The van der Waals surface area contributed by atoms with Crippen LogP contribution in [0.15, 0.2) is 59.7 Å². The van der Waals surface area contributed by atoms with Crippen molar-refractivity contribution < 1.29 is 24.1 Å². The first kappa shape index (κ1) is 24.6. The largest absolute Gasteiger partial charge is 0.489 e. The van der Waals surface area contributed by atoms with E-state index in [4.69, 9.17) is 14.2 Å². The molecule has 1 heterocycles. The molecule has 2 N–H and O–H groups in total. The predicted molar refractivity (Wildman–Crippen MR) is 145 cm³/mol. The highest BCUT2D eigenvalue weighted by atomic mass is 16.7. The third kappa shape index (κ3) is 3.14. The van der Waals surface area contributed by atoms with Gasteiger partial charge in [0.1, 0.15) is 18.0 Å². The highest BCUT2D eigenvalue weighted by Gasteiger charge is 2.79. The average molecular weight is 518 g/mol. The van der Waals surface area contributed by atoms with Crippen molar-refractivity contribution in [3.05, 3.63) is 59.7 Å². The zero-order valence-electron chi connectivity index (χ0n) is 22.6. The van der Waals surface area contributed by atoms with Gasteiger partial charge in [-0.3, -0.25) is 4.79 Å². The number of ether oxygens (including phenoxy) is 3. The van der Waals surface area contributed by atoms with Gasteiger partial charge in [-0.2, -0.15) is 0 Å². The van der Waals surface area contributed by atoms with Crippen molar-refractivity contribution in [3.63, 3.8) is 0 Å². The van der Waals surface area contributed by atoms with Gasteiger partial charge in [-0.1, -0.05) is 38.0 Å². The molecule has 1 aromatic rings. The smallest absolute Gasteiger partial charge is 0.178 e. The molecule has 6 heteroatoms. The van der Waals surface area contributed by atoms with Crippen LogP contribution in [0.4, 0.5) is 5.69 Å². The number of carbonyl (C=O) groups is 1. The molecular formula is C32H39NO5. The predicted octanol–water partition coefficient (Wildman–Crippen LogP) is 5.20. The minimum absolute atomic E-state index is 0.0153. The molecule has 202 valence electrons. The van der Waals surface area contributed by atoms with Gasteiger partial charge in [-0.15, -0.1) is 0 Å². The van der Waals surface area contributed by atoms with Crippen LogP contribution in [0.5, 0.6) is 5.75 Å². The van der Waals surface area contributed by atoms with Crippen molar-refractivity contribution in [1.82, 2.24) is 0 Å². The maximum atomic E-state index is 12.2. The number of fused-ring (bicyclic) bond motifs is 4. The van der Waals surface area contributed by atoms with Crippen LogP contribution < -0.4 is 10.1 Å². The molecule has 1 aliphatic heterocycles. The molecule has 1 aromatic carbocycles. The maximum absolute atomic E-state index is 12.2. The molecule has 38 heavy (non-hydrogen) atoms. The van der Waals surface area contributed by atoms with Crippen molar-refractivity contribution in [3.8, 4) is 5.75 Å². The van der Waals surface area contributed by atoms with Gasteiger partial charge < -0.3 is 24.6 Å². The Balaban J connectivity index is 1.22. The minimum atomic E-state index is -0.524. The van der Waals surface area contributed by atoms with Crippen LogP contribution in [0.25, 0.3) is 0 Å². The van der Waals surface area contributed by atoms with Crippen LogP contribution in [0.2, 0.25) is 0 Å². The van der Waals surface area contributed by atoms with Gasteiger partial charge in [-0.25, -0.2) is 0 Å². The maximum Gasteiger partial charge on any atom is 0.178 e. The Morgan fingerprint density at radius 2 is 2.05 bits per heavy atom. The molecule has 5 aliphatic carbocycles. The zero-order chi connectivity index (χ0) is 26.3. The number of benzene rings is 1. The quantitative estimate of drug-likeness (QED) is 0.506. The topological polar surface area (TPSA) is 77.0 Å². The molecule has 2 spiro atoms. The van der Waals surface area contributed by atoms with Gasteiger partial charge >= 0.3 is 0 Å². The Kier molecular flexibility index (Phi) is 5.53. The Bertz CT molecular complexity index is 1230. The first-order valence-electron chi connectivity index (χ1n) is 14.4. The number of carbonyl (C=O) groups excluding carboxylic acids is 1. The van der Waals surface area contributed by atoms with Crippen molar-refractivity contribution in [2.24, 2.45) is 28.6 Å². The van der Waals surface area contributed by atoms with E-state index in [1.807, 2.05) is 37.4 Å². The summed E-state index contributed by atoms with van der Waals surface area (Å²) < 4.78 is 19.8. The van der Waals surface area contributed by atoms with E-state index in [-0.39, 0.29) is 34.9 Å². The van der Waals surface area contributed by atoms with Gasteiger partial charge in [0.25, 0.3) is 0 Å². The molecule has 4 fully saturated rings. The van der Waals surface area contributed by atoms with Crippen LogP contribution in [0.1, 0.15) is 52.4 Å². The number of anilines is 1. The minimum Gasteiger partial charge on any atom is -0.489 e. The Labute approximate surface area is 225 Å². The number of allylic oxidation sites excluding steroid dienone is 4. The number of ketones is 1. The first-order valence-corrected chi connectivity index (χ1v) is 14.4. The summed E-state index contributed by atoms with van der Waals surface area (Å²) in [5.41, 5.74) is 2.37. The molecule has 0 radical (unpaired) electrons. The van der Waals surface area contributed by atoms with E-state index < -0.39 is 11.7 Å². The van der Waals surface area contributed by atoms with Gasteiger partial charge in [0.05, 0.1) is 12.2 Å². The summed E-state index contributed by atoms with van der Waals surface area (Å²) in [7, 11) is 1.91. The number of aliphatic hydroxyl groups excluding tert-OH is 1. The lowest BCUT2D eigenvalue weighted by molar-refractivity contribution is -0.189. The summed E-state index contributed by atoms with van der Waals surface area (Å²) in [6.07, 6.45) is 12.7. The second kappa shape index (κ2) is 8.54. The highest BCUT2D eigenvalue weighted by Crippen LogP contribution is 2.75. The fraction of sp³-hybridized carbons (Fsp3) is 0.594. The van der Waals surface area contributed by atoms with E-state index in [0.717, 1.165) is 49.1 Å². The van der Waals surface area contributed by atoms with Gasteiger partial charge in [0, 0.05) is 29.5 Å². The summed E-state index contributed by atoms with van der Waals surface area (Å²) in [6, 6.07) is 8.01. The Morgan fingerprint density at radius 3 is 2.82 bits per heavy atom. The van der Waals surface area contributed by atoms with E-state index >= 15 is 0 Å². The lowest BCUT2D eigenvalue weighted by atomic mass is 9.43. The molecule has 3 saturated carbocycles. The van der Waals surface area contributed by atoms with Crippen molar-refractivity contribution in [2.45, 2.75) is 76.5 Å².